The molecule has 3 rings (SSSR count). The Labute approximate surface area is 155 Å². The minimum Gasteiger partial charge on any atom is -0.497 e. The predicted molar refractivity (Wildman–Crippen MR) is 101 cm³/mol. The summed E-state index contributed by atoms with van der Waals surface area (Å²) in [5.41, 5.74) is 2.48. The highest BCUT2D eigenvalue weighted by Crippen LogP contribution is 2.27. The first-order valence-electron chi connectivity index (χ1n) is 8.31. The lowest BCUT2D eigenvalue weighted by Crippen LogP contribution is -2.15. The Balaban J connectivity index is 1.90. The molecule has 0 saturated heterocycles. The van der Waals surface area contributed by atoms with Crippen LogP contribution in [-0.4, -0.2) is 35.8 Å². The van der Waals surface area contributed by atoms with E-state index in [-0.39, 0.29) is 6.42 Å². The van der Waals surface area contributed by atoms with Crippen LogP contribution in [0.15, 0.2) is 59.2 Å². The van der Waals surface area contributed by atoms with Crippen LogP contribution in [0.25, 0.3) is 17.3 Å². The molecule has 1 aromatic heterocycles. The molecule has 27 heavy (non-hydrogen) atoms. The number of hydrogen-bond donors (Lipinski definition) is 1. The minimum atomic E-state index is -2.72. The summed E-state index contributed by atoms with van der Waals surface area (Å²) in [5.74, 6) is -0.255. The van der Waals surface area contributed by atoms with E-state index in [9.17, 15) is 13.4 Å². The lowest BCUT2D eigenvalue weighted by Gasteiger charge is -2.09. The zero-order valence-electron chi connectivity index (χ0n) is 14.6. The second kappa shape index (κ2) is 8.03. The molecule has 1 aliphatic rings. The molecule has 1 N–H and O–H groups in total. The van der Waals surface area contributed by atoms with E-state index < -0.39 is 13.4 Å². The third-order valence-corrected chi connectivity index (χ3v) is 4.14. The topological polar surface area (TPSA) is 63.8 Å². The first-order valence-corrected chi connectivity index (χ1v) is 8.31. The molecule has 0 fully saturated rings. The monoisotopic (exact) mass is 370 g/mol. The minimum absolute atomic E-state index is 0.0223. The second-order valence-corrected chi connectivity index (χ2v) is 5.92. The number of carboxylic acid groups (broad SMARTS) is 1. The van der Waals surface area contributed by atoms with Gasteiger partial charge < -0.3 is 14.3 Å². The molecule has 0 radical (unpaired) electrons. The SMILES string of the molecule is COc1ccc(-c2ccc(/C=C3/C=CC(CCC(=O)O)=N3)n2B(F)F)cc1. The normalized spacial score (nSPS) is 14.5. The fourth-order valence-electron chi connectivity index (χ4n) is 2.82. The maximum atomic E-state index is 13.7. The Morgan fingerprint density at radius 3 is 2.59 bits per heavy atom. The highest BCUT2D eigenvalue weighted by Gasteiger charge is 2.24. The number of benzene rings is 1. The number of nitrogens with zero attached hydrogens (tertiary/aromatic N) is 2. The first kappa shape index (κ1) is 18.6. The molecule has 0 atom stereocenters. The summed E-state index contributed by atoms with van der Waals surface area (Å²) in [4.78, 5) is 14.9. The van der Waals surface area contributed by atoms with Crippen LogP contribution in [0.1, 0.15) is 18.5 Å². The van der Waals surface area contributed by atoms with Crippen molar-refractivity contribution in [2.75, 3.05) is 7.11 Å². The summed E-state index contributed by atoms with van der Waals surface area (Å²) in [6.07, 6.45) is 5.23. The van der Waals surface area contributed by atoms with Gasteiger partial charge in [0.05, 0.1) is 19.2 Å². The Kier molecular flexibility index (Phi) is 5.54. The van der Waals surface area contributed by atoms with Gasteiger partial charge in [0, 0.05) is 23.5 Å². The van der Waals surface area contributed by atoms with Gasteiger partial charge in [-0.3, -0.25) is 18.4 Å². The van der Waals surface area contributed by atoms with Crippen LogP contribution in [0.3, 0.4) is 0 Å². The molecule has 0 amide bonds. The second-order valence-electron chi connectivity index (χ2n) is 5.92. The molecule has 2 heterocycles. The molecule has 0 saturated carbocycles. The van der Waals surface area contributed by atoms with E-state index >= 15 is 0 Å². The number of hydrogen-bond acceptors (Lipinski definition) is 3. The number of carboxylic acids is 1. The van der Waals surface area contributed by atoms with Gasteiger partial charge in [0.1, 0.15) is 5.75 Å². The van der Waals surface area contributed by atoms with Gasteiger partial charge in [-0.25, -0.2) is 0 Å². The molecular weight excluding hydrogens is 353 g/mol. The fourth-order valence-corrected chi connectivity index (χ4v) is 2.82. The van der Waals surface area contributed by atoms with Gasteiger partial charge in [-0.15, -0.1) is 0 Å². The summed E-state index contributed by atoms with van der Waals surface area (Å²) >= 11 is 0. The van der Waals surface area contributed by atoms with E-state index in [0.29, 0.717) is 40.5 Å². The standard InChI is InChI=1S/C19H17BF2N2O3/c1-27-17-8-2-13(3-9-17)18-10-7-16(24(18)20(21)22)12-15-5-4-14(23-15)6-11-19(25)26/h2-5,7-10,12H,6,11H2,1H3,(H,25,26)/b15-12-. The number of allylic oxidation sites excluding steroid dienone is 2. The molecular formula is C19H17BF2N2O3. The summed E-state index contributed by atoms with van der Waals surface area (Å²) in [6.45, 7) is 0. The molecule has 5 nitrogen and oxygen atoms in total. The number of rotatable bonds is 7. The van der Waals surface area contributed by atoms with E-state index in [2.05, 4.69) is 4.99 Å². The van der Waals surface area contributed by atoms with Crippen LogP contribution in [0.2, 0.25) is 0 Å². The zero-order chi connectivity index (χ0) is 19.4. The molecule has 8 heteroatoms. The molecule has 0 spiro atoms. The maximum absolute atomic E-state index is 13.7. The van der Waals surface area contributed by atoms with Crippen LogP contribution in [0, 0.1) is 0 Å². The van der Waals surface area contributed by atoms with Gasteiger partial charge in [0.15, 0.2) is 0 Å². The first-order chi connectivity index (χ1) is 13.0. The highest BCUT2D eigenvalue weighted by molar-refractivity contribution is 6.42. The van der Waals surface area contributed by atoms with Crippen LogP contribution >= 0.6 is 0 Å². The summed E-state index contributed by atoms with van der Waals surface area (Å²) in [5, 5.41) is 8.73. The van der Waals surface area contributed by atoms with Crippen molar-refractivity contribution in [2.45, 2.75) is 12.8 Å². The third-order valence-electron chi connectivity index (χ3n) is 4.14. The molecule has 0 bridgehead atoms. The number of aliphatic carboxylic acids is 1. The van der Waals surface area contributed by atoms with Crippen molar-refractivity contribution < 1.29 is 23.3 Å². The Morgan fingerprint density at radius 1 is 1.22 bits per heavy atom. The quantitative estimate of drug-likeness (QED) is 0.745. The van der Waals surface area contributed by atoms with E-state index in [1.165, 1.54) is 0 Å². The van der Waals surface area contributed by atoms with Gasteiger partial charge in [0.2, 0.25) is 0 Å². The summed E-state index contributed by atoms with van der Waals surface area (Å²) in [7, 11) is -1.17. The Hall–Kier alpha value is -3.16. The van der Waals surface area contributed by atoms with E-state index in [4.69, 9.17) is 9.84 Å². The molecule has 0 unspecified atom stereocenters. The van der Waals surface area contributed by atoms with Crippen LogP contribution in [0.5, 0.6) is 5.75 Å². The van der Waals surface area contributed by atoms with Gasteiger partial charge in [-0.05, 0) is 60.2 Å². The third kappa shape index (κ3) is 4.34. The Bertz CT molecular complexity index is 931. The van der Waals surface area contributed by atoms with Gasteiger partial charge >= 0.3 is 13.4 Å². The molecule has 138 valence electrons. The van der Waals surface area contributed by atoms with Crippen molar-refractivity contribution in [1.29, 1.82) is 0 Å². The number of halogens is 2. The van der Waals surface area contributed by atoms with Crippen molar-refractivity contribution in [3.8, 4) is 17.0 Å². The fraction of sp³-hybridized carbons (Fsp3) is 0.158. The number of methoxy groups -OCH3 is 1. The lowest BCUT2D eigenvalue weighted by molar-refractivity contribution is -0.136. The average Bonchev–Trinajstić information content (AvgIpc) is 3.27. The van der Waals surface area contributed by atoms with Crippen LogP contribution < -0.4 is 4.74 Å². The largest absolute Gasteiger partial charge is 0.678 e. The van der Waals surface area contributed by atoms with Crippen molar-refractivity contribution in [3.63, 3.8) is 0 Å². The summed E-state index contributed by atoms with van der Waals surface area (Å²) in [6, 6.07) is 10.1. The van der Waals surface area contributed by atoms with E-state index in [0.717, 1.165) is 4.48 Å². The van der Waals surface area contributed by atoms with Gasteiger partial charge in [-0.1, -0.05) is 0 Å². The van der Waals surface area contributed by atoms with Gasteiger partial charge in [0.25, 0.3) is 0 Å². The number of ether oxygens (including phenoxy) is 1. The van der Waals surface area contributed by atoms with Crippen LogP contribution in [0.4, 0.5) is 8.63 Å². The maximum Gasteiger partial charge on any atom is 0.678 e. The molecule has 0 aliphatic carbocycles. The Morgan fingerprint density at radius 2 is 1.96 bits per heavy atom. The average molecular weight is 370 g/mol. The molecule has 1 aromatic carbocycles. The molecule has 1 aliphatic heterocycles. The smallest absolute Gasteiger partial charge is 0.497 e. The van der Waals surface area contributed by atoms with Crippen molar-refractivity contribution in [1.82, 2.24) is 4.48 Å². The number of aliphatic imine (C=N–C) groups is 1. The van der Waals surface area contributed by atoms with Crippen molar-refractivity contribution in [3.05, 3.63) is 59.9 Å². The van der Waals surface area contributed by atoms with E-state index in [1.807, 2.05) is 0 Å². The van der Waals surface area contributed by atoms with Crippen molar-refractivity contribution in [2.24, 2.45) is 4.99 Å². The van der Waals surface area contributed by atoms with E-state index in [1.54, 1.807) is 61.7 Å². The lowest BCUT2D eigenvalue weighted by atomic mass is 10.1. The highest BCUT2D eigenvalue weighted by atomic mass is 19.2. The predicted octanol–water partition coefficient (Wildman–Crippen LogP) is 4.15. The number of aromatic nitrogens is 1. The zero-order valence-corrected chi connectivity index (χ0v) is 14.6. The number of carbonyl (C=O) groups is 1. The van der Waals surface area contributed by atoms with Gasteiger partial charge in [-0.2, -0.15) is 0 Å². The van der Waals surface area contributed by atoms with Crippen LogP contribution in [-0.2, 0) is 4.79 Å². The molecule has 2 aromatic rings. The summed E-state index contributed by atoms with van der Waals surface area (Å²) < 4.78 is 33.4. The van der Waals surface area contributed by atoms with Crippen molar-refractivity contribution >= 4 is 25.2 Å².